The second kappa shape index (κ2) is 7.27. The van der Waals surface area contributed by atoms with Crippen LogP contribution in [-0.4, -0.2) is 19.2 Å². The molecule has 3 nitrogen and oxygen atoms in total. The van der Waals surface area contributed by atoms with Crippen LogP contribution >= 0.6 is 0 Å². The van der Waals surface area contributed by atoms with Gasteiger partial charge in [0.15, 0.2) is 0 Å². The fourth-order valence-electron chi connectivity index (χ4n) is 2.07. The molecule has 0 radical (unpaired) electrons. The summed E-state index contributed by atoms with van der Waals surface area (Å²) in [6.07, 6.45) is 1.32. The van der Waals surface area contributed by atoms with Crippen molar-refractivity contribution in [1.29, 1.82) is 0 Å². The molecule has 1 aromatic rings. The lowest BCUT2D eigenvalue weighted by Crippen LogP contribution is -2.28. The summed E-state index contributed by atoms with van der Waals surface area (Å²) in [4.78, 5) is 2.33. The zero-order valence-electron chi connectivity index (χ0n) is 12.9. The van der Waals surface area contributed by atoms with Gasteiger partial charge < -0.3 is 15.4 Å². The minimum atomic E-state index is 0.141. The number of anilines is 2. The lowest BCUT2D eigenvalue weighted by molar-refractivity contribution is 0.244. The fourth-order valence-corrected chi connectivity index (χ4v) is 2.07. The maximum atomic E-state index is 6.26. The first-order valence-corrected chi connectivity index (χ1v) is 7.29. The predicted molar refractivity (Wildman–Crippen MR) is 84.0 cm³/mol. The molecule has 0 fully saturated rings. The van der Waals surface area contributed by atoms with Crippen LogP contribution in [0, 0.1) is 5.92 Å². The number of rotatable bonds is 7. The normalized spacial score (nSPS) is 12.5. The molecule has 0 bridgehead atoms. The Hall–Kier alpha value is -1.38. The summed E-state index contributed by atoms with van der Waals surface area (Å²) in [5, 5.41) is 0. The molecule has 1 atom stereocenters. The second-order valence-corrected chi connectivity index (χ2v) is 5.41. The molecule has 0 aliphatic rings. The molecular formula is C16H28N2O. The average Bonchev–Trinajstić information content (AvgIpc) is 2.38. The molecule has 19 heavy (non-hydrogen) atoms. The summed E-state index contributed by atoms with van der Waals surface area (Å²) in [7, 11) is 0. The Morgan fingerprint density at radius 2 is 1.89 bits per heavy atom. The van der Waals surface area contributed by atoms with Crippen molar-refractivity contribution >= 4 is 11.4 Å². The van der Waals surface area contributed by atoms with E-state index in [9.17, 15) is 0 Å². The minimum Gasteiger partial charge on any atom is -0.489 e. The van der Waals surface area contributed by atoms with Gasteiger partial charge in [-0.15, -0.1) is 0 Å². The highest BCUT2D eigenvalue weighted by molar-refractivity contribution is 5.74. The fraction of sp³-hybridized carbons (Fsp3) is 0.625. The van der Waals surface area contributed by atoms with Crippen LogP contribution in [0.4, 0.5) is 11.4 Å². The largest absolute Gasteiger partial charge is 0.489 e. The van der Waals surface area contributed by atoms with E-state index in [1.54, 1.807) is 0 Å². The zero-order chi connectivity index (χ0) is 14.4. The SMILES string of the molecule is CCC(C)CN(CC)c1cccc(OC(C)C)c1N. The van der Waals surface area contributed by atoms with Crippen LogP contribution < -0.4 is 15.4 Å². The molecule has 0 aliphatic carbocycles. The zero-order valence-corrected chi connectivity index (χ0v) is 12.9. The Kier molecular flexibility index (Phi) is 6.00. The van der Waals surface area contributed by atoms with E-state index in [-0.39, 0.29) is 6.10 Å². The summed E-state index contributed by atoms with van der Waals surface area (Å²) in [5.74, 6) is 1.45. The van der Waals surface area contributed by atoms with Gasteiger partial charge in [-0.2, -0.15) is 0 Å². The molecule has 0 amide bonds. The van der Waals surface area contributed by atoms with Crippen LogP contribution in [0.25, 0.3) is 0 Å². The van der Waals surface area contributed by atoms with Gasteiger partial charge in [-0.25, -0.2) is 0 Å². The molecular weight excluding hydrogens is 236 g/mol. The first kappa shape index (κ1) is 15.7. The Bertz CT molecular complexity index is 390. The molecule has 0 heterocycles. The highest BCUT2D eigenvalue weighted by atomic mass is 16.5. The molecule has 3 heteroatoms. The van der Waals surface area contributed by atoms with Crippen molar-refractivity contribution in [2.45, 2.75) is 47.1 Å². The smallest absolute Gasteiger partial charge is 0.144 e. The van der Waals surface area contributed by atoms with Gasteiger partial charge in [0.05, 0.1) is 17.5 Å². The van der Waals surface area contributed by atoms with E-state index in [1.165, 1.54) is 6.42 Å². The Morgan fingerprint density at radius 3 is 2.42 bits per heavy atom. The average molecular weight is 264 g/mol. The molecule has 0 saturated heterocycles. The van der Waals surface area contributed by atoms with Gasteiger partial charge in [0.2, 0.25) is 0 Å². The van der Waals surface area contributed by atoms with E-state index >= 15 is 0 Å². The van der Waals surface area contributed by atoms with Crippen LogP contribution in [-0.2, 0) is 0 Å². The van der Waals surface area contributed by atoms with Crippen molar-refractivity contribution in [2.24, 2.45) is 5.92 Å². The van der Waals surface area contributed by atoms with Gasteiger partial charge in [0, 0.05) is 13.1 Å². The molecule has 108 valence electrons. The maximum absolute atomic E-state index is 6.26. The number of ether oxygens (including phenoxy) is 1. The number of nitrogens with two attached hydrogens (primary N) is 1. The van der Waals surface area contributed by atoms with Crippen molar-refractivity contribution in [3.8, 4) is 5.75 Å². The van der Waals surface area contributed by atoms with Crippen LogP contribution in [0.2, 0.25) is 0 Å². The number of para-hydroxylation sites is 1. The van der Waals surface area contributed by atoms with Crippen LogP contribution in [0.5, 0.6) is 5.75 Å². The van der Waals surface area contributed by atoms with Gasteiger partial charge in [-0.3, -0.25) is 0 Å². The Morgan fingerprint density at radius 1 is 1.21 bits per heavy atom. The Balaban J connectivity index is 2.97. The highest BCUT2D eigenvalue weighted by Gasteiger charge is 2.14. The quantitative estimate of drug-likeness (QED) is 0.758. The number of hydrogen-bond acceptors (Lipinski definition) is 3. The summed E-state index contributed by atoms with van der Waals surface area (Å²) >= 11 is 0. The minimum absolute atomic E-state index is 0.141. The topological polar surface area (TPSA) is 38.5 Å². The third kappa shape index (κ3) is 4.34. The molecule has 0 aromatic heterocycles. The third-order valence-electron chi connectivity index (χ3n) is 3.36. The highest BCUT2D eigenvalue weighted by Crippen LogP contribution is 2.33. The number of nitrogens with zero attached hydrogens (tertiary/aromatic N) is 1. The first-order chi connectivity index (χ1) is 8.99. The second-order valence-electron chi connectivity index (χ2n) is 5.41. The van der Waals surface area contributed by atoms with E-state index in [0.29, 0.717) is 5.92 Å². The molecule has 1 aromatic carbocycles. The van der Waals surface area contributed by atoms with E-state index < -0.39 is 0 Å². The van der Waals surface area contributed by atoms with E-state index in [2.05, 4.69) is 31.7 Å². The van der Waals surface area contributed by atoms with Gasteiger partial charge in [-0.1, -0.05) is 26.3 Å². The van der Waals surface area contributed by atoms with Crippen LogP contribution in [0.3, 0.4) is 0 Å². The van der Waals surface area contributed by atoms with Crippen molar-refractivity contribution in [2.75, 3.05) is 23.7 Å². The van der Waals surface area contributed by atoms with Crippen molar-refractivity contribution in [3.05, 3.63) is 18.2 Å². The summed E-state index contributed by atoms with van der Waals surface area (Å²) in [6.45, 7) is 12.7. The third-order valence-corrected chi connectivity index (χ3v) is 3.36. The van der Waals surface area contributed by atoms with Gasteiger partial charge in [0.1, 0.15) is 5.75 Å². The first-order valence-electron chi connectivity index (χ1n) is 7.29. The lowest BCUT2D eigenvalue weighted by Gasteiger charge is -2.28. The Labute approximate surface area is 117 Å². The monoisotopic (exact) mass is 264 g/mol. The molecule has 0 aliphatic heterocycles. The van der Waals surface area contributed by atoms with Crippen molar-refractivity contribution in [1.82, 2.24) is 0 Å². The standard InChI is InChI=1S/C16H28N2O/c1-6-13(5)11-18(7-2)14-9-8-10-15(16(14)17)19-12(3)4/h8-10,12-13H,6-7,11,17H2,1-5H3. The summed E-state index contributed by atoms with van der Waals surface area (Å²) in [5.41, 5.74) is 8.09. The number of hydrogen-bond donors (Lipinski definition) is 1. The van der Waals surface area contributed by atoms with Crippen molar-refractivity contribution < 1.29 is 4.74 Å². The molecule has 0 saturated carbocycles. The van der Waals surface area contributed by atoms with Gasteiger partial charge in [-0.05, 0) is 38.8 Å². The number of benzene rings is 1. The van der Waals surface area contributed by atoms with E-state index in [1.807, 2.05) is 26.0 Å². The number of nitrogen functional groups attached to an aromatic ring is 1. The molecule has 0 spiro atoms. The maximum Gasteiger partial charge on any atom is 0.144 e. The summed E-state index contributed by atoms with van der Waals surface area (Å²) < 4.78 is 5.76. The van der Waals surface area contributed by atoms with E-state index in [4.69, 9.17) is 10.5 Å². The molecule has 1 unspecified atom stereocenters. The van der Waals surface area contributed by atoms with Gasteiger partial charge in [0.25, 0.3) is 0 Å². The summed E-state index contributed by atoms with van der Waals surface area (Å²) in [6, 6.07) is 6.03. The van der Waals surface area contributed by atoms with Crippen LogP contribution in [0.1, 0.15) is 41.0 Å². The van der Waals surface area contributed by atoms with Crippen LogP contribution in [0.15, 0.2) is 18.2 Å². The predicted octanol–water partition coefficient (Wildman–Crippen LogP) is 3.93. The van der Waals surface area contributed by atoms with Crippen molar-refractivity contribution in [3.63, 3.8) is 0 Å². The molecule has 2 N–H and O–H groups in total. The molecule has 1 rings (SSSR count). The van der Waals surface area contributed by atoms with Gasteiger partial charge >= 0.3 is 0 Å². The van der Waals surface area contributed by atoms with E-state index in [0.717, 1.165) is 30.2 Å². The lowest BCUT2D eigenvalue weighted by atomic mass is 10.1.